The Labute approximate surface area is 197 Å². The molecule has 34 heavy (non-hydrogen) atoms. The summed E-state index contributed by atoms with van der Waals surface area (Å²) in [5, 5.41) is 6.40. The van der Waals surface area contributed by atoms with Gasteiger partial charge in [-0.15, -0.1) is 0 Å². The number of esters is 1. The molecule has 0 aliphatic carbocycles. The SMILES string of the molecule is CCc1ccccc1NC(=O)C(=O)N/N=C/c1ccc(OC(=O)c2ccc(C)cc2)c(OC)c1. The molecule has 8 nitrogen and oxygen atoms in total. The largest absolute Gasteiger partial charge is 0.493 e. The van der Waals surface area contributed by atoms with Gasteiger partial charge in [-0.2, -0.15) is 5.10 Å². The molecule has 0 spiro atoms. The molecule has 8 heteroatoms. The molecule has 174 valence electrons. The number of hydrogen-bond acceptors (Lipinski definition) is 6. The van der Waals surface area contributed by atoms with Crippen LogP contribution in [0, 0.1) is 6.92 Å². The van der Waals surface area contributed by atoms with E-state index in [0.717, 1.165) is 11.1 Å². The number of aryl methyl sites for hydroxylation is 2. The van der Waals surface area contributed by atoms with Crippen molar-refractivity contribution in [3.05, 3.63) is 89.0 Å². The number of anilines is 1. The standard InChI is InChI=1S/C26H25N3O5/c1-4-19-7-5-6-8-21(19)28-24(30)25(31)29-27-16-18-11-14-22(23(15-18)33-3)34-26(32)20-12-9-17(2)10-13-20/h5-16H,4H2,1-3H3,(H,28,30)(H,29,31)/b27-16+. The zero-order valence-electron chi connectivity index (χ0n) is 19.1. The van der Waals surface area contributed by atoms with Crippen LogP contribution in [0.5, 0.6) is 11.5 Å². The number of benzene rings is 3. The molecule has 2 N–H and O–H groups in total. The molecule has 0 heterocycles. The van der Waals surface area contributed by atoms with Gasteiger partial charge in [0, 0.05) is 5.69 Å². The highest BCUT2D eigenvalue weighted by molar-refractivity contribution is 6.39. The molecule has 0 aromatic heterocycles. The minimum absolute atomic E-state index is 0.239. The number of hydrazone groups is 1. The van der Waals surface area contributed by atoms with Gasteiger partial charge in [-0.3, -0.25) is 9.59 Å². The van der Waals surface area contributed by atoms with Gasteiger partial charge in [0.25, 0.3) is 0 Å². The number of nitrogens with one attached hydrogen (secondary N) is 2. The Morgan fingerprint density at radius 1 is 0.941 bits per heavy atom. The van der Waals surface area contributed by atoms with Crippen molar-refractivity contribution >= 4 is 29.7 Å². The molecule has 0 saturated carbocycles. The topological polar surface area (TPSA) is 106 Å². The van der Waals surface area contributed by atoms with Gasteiger partial charge >= 0.3 is 17.8 Å². The van der Waals surface area contributed by atoms with Crippen molar-refractivity contribution in [3.8, 4) is 11.5 Å². The maximum absolute atomic E-state index is 12.4. The van der Waals surface area contributed by atoms with Crippen LogP contribution >= 0.6 is 0 Å². The molecule has 0 atom stereocenters. The number of nitrogens with zero attached hydrogens (tertiary/aromatic N) is 1. The number of methoxy groups -OCH3 is 1. The first-order valence-corrected chi connectivity index (χ1v) is 10.6. The fourth-order valence-electron chi connectivity index (χ4n) is 3.04. The highest BCUT2D eigenvalue weighted by atomic mass is 16.6. The number of amides is 2. The zero-order chi connectivity index (χ0) is 24.5. The Hall–Kier alpha value is -4.46. The van der Waals surface area contributed by atoms with Gasteiger partial charge in [-0.1, -0.05) is 42.8 Å². The maximum atomic E-state index is 12.4. The average Bonchev–Trinajstić information content (AvgIpc) is 2.85. The highest BCUT2D eigenvalue weighted by Crippen LogP contribution is 2.28. The minimum Gasteiger partial charge on any atom is -0.493 e. The third kappa shape index (κ3) is 6.29. The molecule has 3 aromatic carbocycles. The van der Waals surface area contributed by atoms with Crippen molar-refractivity contribution in [1.29, 1.82) is 0 Å². The fourth-order valence-corrected chi connectivity index (χ4v) is 3.04. The summed E-state index contributed by atoms with van der Waals surface area (Å²) in [7, 11) is 1.44. The number of carbonyl (C=O) groups excluding carboxylic acids is 3. The zero-order valence-corrected chi connectivity index (χ0v) is 19.1. The summed E-state index contributed by atoms with van der Waals surface area (Å²) in [6.45, 7) is 3.89. The quantitative estimate of drug-likeness (QED) is 0.183. The molecule has 0 aliphatic heterocycles. The molecule has 0 bridgehead atoms. The Morgan fingerprint density at radius 3 is 2.38 bits per heavy atom. The molecular weight excluding hydrogens is 434 g/mol. The number of para-hydroxylation sites is 1. The summed E-state index contributed by atoms with van der Waals surface area (Å²) >= 11 is 0. The lowest BCUT2D eigenvalue weighted by Crippen LogP contribution is -2.32. The summed E-state index contributed by atoms with van der Waals surface area (Å²) in [6.07, 6.45) is 2.06. The van der Waals surface area contributed by atoms with Gasteiger partial charge in [-0.25, -0.2) is 10.2 Å². The second-order valence-corrected chi connectivity index (χ2v) is 7.33. The van der Waals surface area contributed by atoms with Crippen molar-refractivity contribution in [2.75, 3.05) is 12.4 Å². The van der Waals surface area contributed by atoms with Crippen molar-refractivity contribution in [1.82, 2.24) is 5.43 Å². The first-order valence-electron chi connectivity index (χ1n) is 10.6. The summed E-state index contributed by atoms with van der Waals surface area (Å²) < 4.78 is 10.7. The molecule has 0 saturated heterocycles. The van der Waals surface area contributed by atoms with E-state index < -0.39 is 17.8 Å². The predicted octanol–water partition coefficient (Wildman–Crippen LogP) is 3.87. The van der Waals surface area contributed by atoms with E-state index in [1.807, 2.05) is 38.1 Å². The van der Waals surface area contributed by atoms with E-state index >= 15 is 0 Å². The molecular formula is C26H25N3O5. The average molecular weight is 460 g/mol. The Kier molecular flexibility index (Phi) is 8.12. The van der Waals surface area contributed by atoms with E-state index in [-0.39, 0.29) is 5.75 Å². The third-order valence-electron chi connectivity index (χ3n) is 4.91. The van der Waals surface area contributed by atoms with E-state index in [2.05, 4.69) is 15.8 Å². The van der Waals surface area contributed by atoms with Crippen molar-refractivity contribution in [3.63, 3.8) is 0 Å². The second kappa shape index (κ2) is 11.4. The lowest BCUT2D eigenvalue weighted by Gasteiger charge is -2.10. The Morgan fingerprint density at radius 2 is 1.68 bits per heavy atom. The minimum atomic E-state index is -0.905. The number of hydrogen-bond donors (Lipinski definition) is 2. The van der Waals surface area contributed by atoms with Crippen LogP contribution in [0.25, 0.3) is 0 Å². The predicted molar refractivity (Wildman–Crippen MR) is 129 cm³/mol. The number of rotatable bonds is 7. The van der Waals surface area contributed by atoms with Crippen LogP contribution in [0.2, 0.25) is 0 Å². The van der Waals surface area contributed by atoms with Gasteiger partial charge in [0.2, 0.25) is 0 Å². The van der Waals surface area contributed by atoms with Crippen LogP contribution < -0.4 is 20.2 Å². The van der Waals surface area contributed by atoms with Crippen molar-refractivity contribution in [2.24, 2.45) is 5.10 Å². The highest BCUT2D eigenvalue weighted by Gasteiger charge is 2.15. The summed E-state index contributed by atoms with van der Waals surface area (Å²) in [4.78, 5) is 36.6. The van der Waals surface area contributed by atoms with Crippen LogP contribution in [0.15, 0.2) is 71.8 Å². The van der Waals surface area contributed by atoms with E-state index in [1.54, 1.807) is 42.5 Å². The summed E-state index contributed by atoms with van der Waals surface area (Å²) in [5.41, 5.74) is 5.70. The van der Waals surface area contributed by atoms with E-state index in [0.29, 0.717) is 29.0 Å². The van der Waals surface area contributed by atoms with E-state index in [4.69, 9.17) is 9.47 Å². The number of carbonyl (C=O) groups is 3. The lowest BCUT2D eigenvalue weighted by molar-refractivity contribution is -0.136. The van der Waals surface area contributed by atoms with Crippen LogP contribution in [-0.4, -0.2) is 31.1 Å². The molecule has 0 fully saturated rings. The molecule has 0 unspecified atom stereocenters. The number of ether oxygens (including phenoxy) is 2. The lowest BCUT2D eigenvalue weighted by atomic mass is 10.1. The van der Waals surface area contributed by atoms with Crippen LogP contribution in [0.1, 0.15) is 34.0 Å². The molecule has 3 rings (SSSR count). The first kappa shape index (κ1) is 24.2. The van der Waals surface area contributed by atoms with Crippen LogP contribution in [0.3, 0.4) is 0 Å². The first-order chi connectivity index (χ1) is 16.4. The van der Waals surface area contributed by atoms with Gasteiger partial charge in [0.1, 0.15) is 0 Å². The molecule has 3 aromatic rings. The van der Waals surface area contributed by atoms with Gasteiger partial charge < -0.3 is 14.8 Å². The summed E-state index contributed by atoms with van der Waals surface area (Å²) in [6, 6.07) is 19.0. The van der Waals surface area contributed by atoms with Gasteiger partial charge in [0.05, 0.1) is 18.9 Å². The van der Waals surface area contributed by atoms with E-state index in [9.17, 15) is 14.4 Å². The maximum Gasteiger partial charge on any atom is 0.343 e. The van der Waals surface area contributed by atoms with Gasteiger partial charge in [0.15, 0.2) is 11.5 Å². The summed E-state index contributed by atoms with van der Waals surface area (Å²) in [5.74, 6) is -1.69. The van der Waals surface area contributed by atoms with E-state index in [1.165, 1.54) is 13.3 Å². The molecule has 0 radical (unpaired) electrons. The second-order valence-electron chi connectivity index (χ2n) is 7.33. The fraction of sp³-hybridized carbons (Fsp3) is 0.154. The Bertz CT molecular complexity index is 1220. The van der Waals surface area contributed by atoms with Crippen molar-refractivity contribution in [2.45, 2.75) is 20.3 Å². The van der Waals surface area contributed by atoms with Crippen molar-refractivity contribution < 1.29 is 23.9 Å². The normalized spacial score (nSPS) is 10.6. The smallest absolute Gasteiger partial charge is 0.343 e. The molecule has 2 amide bonds. The molecule has 0 aliphatic rings. The monoisotopic (exact) mass is 459 g/mol. The van der Waals surface area contributed by atoms with Gasteiger partial charge in [-0.05, 0) is 60.9 Å². The van der Waals surface area contributed by atoms with Crippen LogP contribution in [-0.2, 0) is 16.0 Å². The Balaban J connectivity index is 1.61. The van der Waals surface area contributed by atoms with Crippen LogP contribution in [0.4, 0.5) is 5.69 Å². The third-order valence-corrected chi connectivity index (χ3v) is 4.91.